The maximum Gasteiger partial charge on any atom is 0.242 e. The number of hydrogen-bond acceptors (Lipinski definition) is 4. The Morgan fingerprint density at radius 1 is 1.53 bits per heavy atom. The first-order valence-corrected chi connectivity index (χ1v) is 5.95. The lowest BCUT2D eigenvalue weighted by Crippen LogP contribution is -2.50. The second-order valence-electron chi connectivity index (χ2n) is 4.54. The molecule has 1 heterocycles. The number of nitrogens with zero attached hydrogens (tertiary/aromatic N) is 2. The molecule has 1 aliphatic heterocycles. The number of likely N-dealkylation sites (tertiary alicyclic amines) is 1. The Morgan fingerprint density at radius 2 is 2.24 bits per heavy atom. The molecule has 3 N–H and O–H groups in total. The van der Waals surface area contributed by atoms with Crippen LogP contribution in [0.2, 0.25) is 0 Å². The molecule has 2 amide bonds. The summed E-state index contributed by atoms with van der Waals surface area (Å²) in [6, 6.07) is 0.246. The van der Waals surface area contributed by atoms with E-state index >= 15 is 0 Å². The normalized spacial score (nSPS) is 21.0. The number of amides is 2. The van der Waals surface area contributed by atoms with Gasteiger partial charge in [0.25, 0.3) is 0 Å². The van der Waals surface area contributed by atoms with Crippen LogP contribution in [0.1, 0.15) is 12.8 Å². The molecule has 0 bridgehead atoms. The Kier molecular flexibility index (Phi) is 5.37. The number of rotatable bonds is 4. The maximum atomic E-state index is 11.8. The molecule has 0 spiro atoms. The van der Waals surface area contributed by atoms with E-state index in [0.29, 0.717) is 0 Å². The van der Waals surface area contributed by atoms with Crippen LogP contribution < -0.4 is 11.1 Å². The van der Waals surface area contributed by atoms with Crippen molar-refractivity contribution in [3.05, 3.63) is 0 Å². The van der Waals surface area contributed by atoms with Gasteiger partial charge < -0.3 is 20.9 Å². The van der Waals surface area contributed by atoms with Gasteiger partial charge in [-0.3, -0.25) is 9.59 Å². The van der Waals surface area contributed by atoms with E-state index in [4.69, 9.17) is 5.73 Å². The summed E-state index contributed by atoms with van der Waals surface area (Å²) in [5.74, 6) is -0.361. The highest BCUT2D eigenvalue weighted by Gasteiger charge is 2.24. The number of likely N-dealkylation sites (N-methyl/N-ethyl adjacent to an activating group) is 2. The predicted octanol–water partition coefficient (Wildman–Crippen LogP) is -1.39. The van der Waals surface area contributed by atoms with Crippen LogP contribution in [0.5, 0.6) is 0 Å². The number of piperidine rings is 1. The van der Waals surface area contributed by atoms with Crippen molar-refractivity contribution >= 4 is 11.8 Å². The Morgan fingerprint density at radius 3 is 2.82 bits per heavy atom. The lowest BCUT2D eigenvalue weighted by molar-refractivity contribution is -0.134. The molecule has 1 rings (SSSR count). The van der Waals surface area contributed by atoms with Gasteiger partial charge in [0.05, 0.1) is 13.1 Å². The molecule has 1 aliphatic rings. The van der Waals surface area contributed by atoms with Crippen LogP contribution in [0.25, 0.3) is 0 Å². The van der Waals surface area contributed by atoms with Gasteiger partial charge in [-0.1, -0.05) is 0 Å². The third-order valence-electron chi connectivity index (χ3n) is 3.16. The third kappa shape index (κ3) is 4.32. The molecule has 6 nitrogen and oxygen atoms in total. The minimum Gasteiger partial charge on any atom is -0.346 e. The van der Waals surface area contributed by atoms with Crippen LogP contribution in [0, 0.1) is 0 Å². The van der Waals surface area contributed by atoms with Gasteiger partial charge in [-0.2, -0.15) is 0 Å². The van der Waals surface area contributed by atoms with E-state index in [2.05, 4.69) is 17.3 Å². The van der Waals surface area contributed by atoms with Crippen molar-refractivity contribution in [2.45, 2.75) is 18.9 Å². The van der Waals surface area contributed by atoms with Crippen molar-refractivity contribution in [2.24, 2.45) is 5.73 Å². The van der Waals surface area contributed by atoms with Crippen molar-refractivity contribution in [2.75, 3.05) is 40.3 Å². The first-order chi connectivity index (χ1) is 8.04. The molecular weight excluding hydrogens is 220 g/mol. The monoisotopic (exact) mass is 242 g/mol. The zero-order chi connectivity index (χ0) is 12.8. The van der Waals surface area contributed by atoms with Crippen LogP contribution in [0.4, 0.5) is 0 Å². The lowest BCUT2D eigenvalue weighted by Gasteiger charge is -2.35. The Labute approximate surface area is 102 Å². The highest BCUT2D eigenvalue weighted by Crippen LogP contribution is 2.13. The molecule has 0 aliphatic carbocycles. The summed E-state index contributed by atoms with van der Waals surface area (Å²) in [4.78, 5) is 26.7. The summed E-state index contributed by atoms with van der Waals surface area (Å²) >= 11 is 0. The first-order valence-electron chi connectivity index (χ1n) is 5.95. The van der Waals surface area contributed by atoms with Crippen molar-refractivity contribution in [3.63, 3.8) is 0 Å². The van der Waals surface area contributed by atoms with Gasteiger partial charge in [0.1, 0.15) is 0 Å². The topological polar surface area (TPSA) is 78.7 Å². The van der Waals surface area contributed by atoms with Gasteiger partial charge in [0.2, 0.25) is 11.8 Å². The Hall–Kier alpha value is -1.14. The van der Waals surface area contributed by atoms with E-state index in [1.54, 1.807) is 11.9 Å². The smallest absolute Gasteiger partial charge is 0.242 e. The van der Waals surface area contributed by atoms with E-state index in [0.717, 1.165) is 25.9 Å². The molecule has 0 aromatic heterocycles. The quantitative estimate of drug-likeness (QED) is 0.636. The SMILES string of the molecule is CN1CCCC(N(C)C(=O)CNC(=O)CN)C1. The maximum absolute atomic E-state index is 11.8. The fourth-order valence-corrected chi connectivity index (χ4v) is 2.03. The van der Waals surface area contributed by atoms with Crippen LogP contribution in [0.3, 0.4) is 0 Å². The van der Waals surface area contributed by atoms with E-state index < -0.39 is 0 Å². The fourth-order valence-electron chi connectivity index (χ4n) is 2.03. The zero-order valence-electron chi connectivity index (χ0n) is 10.6. The van der Waals surface area contributed by atoms with Crippen LogP contribution in [0.15, 0.2) is 0 Å². The van der Waals surface area contributed by atoms with Crippen molar-refractivity contribution < 1.29 is 9.59 Å². The van der Waals surface area contributed by atoms with Crippen molar-refractivity contribution in [1.82, 2.24) is 15.1 Å². The summed E-state index contributed by atoms with van der Waals surface area (Å²) in [6.45, 7) is 1.94. The standard InChI is InChI=1S/C11H22N4O2/c1-14-5-3-4-9(8-14)15(2)11(17)7-13-10(16)6-12/h9H,3-8,12H2,1-2H3,(H,13,16). The molecule has 6 heteroatoms. The summed E-state index contributed by atoms with van der Waals surface area (Å²) in [5, 5.41) is 2.49. The molecule has 0 saturated carbocycles. The Bertz CT molecular complexity index is 283. The van der Waals surface area contributed by atoms with Gasteiger partial charge in [-0.15, -0.1) is 0 Å². The zero-order valence-corrected chi connectivity index (χ0v) is 10.6. The molecular formula is C11H22N4O2. The van der Waals surface area contributed by atoms with Gasteiger partial charge in [0.15, 0.2) is 0 Å². The highest BCUT2D eigenvalue weighted by atomic mass is 16.2. The average molecular weight is 242 g/mol. The molecule has 1 atom stereocenters. The second-order valence-corrected chi connectivity index (χ2v) is 4.54. The lowest BCUT2D eigenvalue weighted by atomic mass is 10.1. The van der Waals surface area contributed by atoms with E-state index in [1.807, 2.05) is 0 Å². The molecule has 17 heavy (non-hydrogen) atoms. The third-order valence-corrected chi connectivity index (χ3v) is 3.16. The molecule has 98 valence electrons. The Balaban J connectivity index is 2.37. The average Bonchev–Trinajstić information content (AvgIpc) is 2.34. The fraction of sp³-hybridized carbons (Fsp3) is 0.818. The first kappa shape index (κ1) is 13.9. The van der Waals surface area contributed by atoms with Gasteiger partial charge in [-0.05, 0) is 26.4 Å². The van der Waals surface area contributed by atoms with Gasteiger partial charge in [0, 0.05) is 19.6 Å². The molecule has 1 saturated heterocycles. The number of nitrogens with one attached hydrogen (secondary N) is 1. The molecule has 0 radical (unpaired) electrons. The van der Waals surface area contributed by atoms with Gasteiger partial charge in [-0.25, -0.2) is 0 Å². The highest BCUT2D eigenvalue weighted by molar-refractivity contribution is 5.85. The number of hydrogen-bond donors (Lipinski definition) is 2. The van der Waals surface area contributed by atoms with Crippen LogP contribution >= 0.6 is 0 Å². The van der Waals surface area contributed by atoms with Crippen LogP contribution in [-0.4, -0.2) is 67.9 Å². The van der Waals surface area contributed by atoms with E-state index in [1.165, 1.54) is 0 Å². The number of carbonyl (C=O) groups is 2. The van der Waals surface area contributed by atoms with Crippen molar-refractivity contribution in [3.8, 4) is 0 Å². The summed E-state index contributed by atoms with van der Waals surface area (Å²) in [5.41, 5.74) is 5.15. The summed E-state index contributed by atoms with van der Waals surface area (Å²) in [7, 11) is 3.85. The molecule has 1 unspecified atom stereocenters. The van der Waals surface area contributed by atoms with Crippen molar-refractivity contribution in [1.29, 1.82) is 0 Å². The largest absolute Gasteiger partial charge is 0.346 e. The second kappa shape index (κ2) is 6.56. The summed E-state index contributed by atoms with van der Waals surface area (Å²) in [6.07, 6.45) is 2.13. The summed E-state index contributed by atoms with van der Waals surface area (Å²) < 4.78 is 0. The van der Waals surface area contributed by atoms with E-state index in [-0.39, 0.29) is 30.9 Å². The van der Waals surface area contributed by atoms with Crippen LogP contribution in [-0.2, 0) is 9.59 Å². The molecule has 1 fully saturated rings. The number of carbonyl (C=O) groups excluding carboxylic acids is 2. The van der Waals surface area contributed by atoms with Gasteiger partial charge >= 0.3 is 0 Å². The van der Waals surface area contributed by atoms with E-state index in [9.17, 15) is 9.59 Å². The minimum atomic E-state index is -0.299. The molecule has 0 aromatic rings. The number of nitrogens with two attached hydrogens (primary N) is 1. The molecule has 0 aromatic carbocycles. The minimum absolute atomic E-state index is 0.0345. The predicted molar refractivity (Wildman–Crippen MR) is 65.4 cm³/mol.